The number of thiophene rings is 1. The van der Waals surface area contributed by atoms with Gasteiger partial charge in [0.15, 0.2) is 0 Å². The molecule has 19 heavy (non-hydrogen) atoms. The van der Waals surface area contributed by atoms with Crippen LogP contribution in [0.2, 0.25) is 4.34 Å². The minimum absolute atomic E-state index is 0.102. The van der Waals surface area contributed by atoms with E-state index in [1.165, 1.54) is 12.1 Å². The molecule has 0 atom stereocenters. The van der Waals surface area contributed by atoms with Crippen LogP contribution >= 0.6 is 34.3 Å². The molecule has 0 aliphatic carbocycles. The topological polar surface area (TPSA) is 72.0 Å². The summed E-state index contributed by atoms with van der Waals surface area (Å²) in [5, 5.41) is 4.31. The van der Waals surface area contributed by atoms with Gasteiger partial charge in [0, 0.05) is 0 Å². The van der Waals surface area contributed by atoms with Crippen molar-refractivity contribution in [3.8, 4) is 0 Å². The van der Waals surface area contributed by atoms with Crippen LogP contribution in [-0.2, 0) is 16.2 Å². The predicted molar refractivity (Wildman–Crippen MR) is 65.0 cm³/mol. The average Bonchev–Trinajstić information content (AvgIpc) is 2.85. The lowest BCUT2D eigenvalue weighted by atomic mass is 10.7. The Morgan fingerprint density at radius 3 is 2.37 bits per heavy atom. The number of rotatable bonds is 3. The molecular weight excluding hydrogens is 347 g/mol. The Labute approximate surface area is 118 Å². The number of hydrogen-bond acceptors (Lipinski definition) is 6. The van der Waals surface area contributed by atoms with E-state index >= 15 is 0 Å². The number of anilines is 1. The van der Waals surface area contributed by atoms with Gasteiger partial charge in [-0.15, -0.1) is 21.5 Å². The first-order valence-corrected chi connectivity index (χ1v) is 7.87. The first-order valence-electron chi connectivity index (χ1n) is 4.37. The molecule has 12 heteroatoms. The second-order valence-electron chi connectivity index (χ2n) is 3.07. The lowest BCUT2D eigenvalue weighted by Crippen LogP contribution is -2.11. The van der Waals surface area contributed by atoms with Gasteiger partial charge in [0.05, 0.1) is 4.34 Å². The van der Waals surface area contributed by atoms with Crippen molar-refractivity contribution in [3.63, 3.8) is 0 Å². The van der Waals surface area contributed by atoms with E-state index in [0.717, 1.165) is 11.3 Å². The average molecular weight is 350 g/mol. The second-order valence-corrected chi connectivity index (χ2v) is 7.68. The fraction of sp³-hybridized carbons (Fsp3) is 0.143. The Hall–Kier alpha value is -0.910. The van der Waals surface area contributed by atoms with E-state index in [0.29, 0.717) is 0 Å². The molecule has 0 radical (unpaired) electrons. The van der Waals surface area contributed by atoms with Gasteiger partial charge in [-0.1, -0.05) is 22.9 Å². The highest BCUT2D eigenvalue weighted by molar-refractivity contribution is 7.94. The number of hydrogen-bond donors (Lipinski definition) is 1. The Morgan fingerprint density at radius 1 is 1.21 bits per heavy atom. The summed E-state index contributed by atoms with van der Waals surface area (Å²) in [6.45, 7) is 0. The van der Waals surface area contributed by atoms with Crippen molar-refractivity contribution in [2.75, 3.05) is 4.72 Å². The molecule has 2 aromatic heterocycles. The molecule has 0 bridgehead atoms. The van der Waals surface area contributed by atoms with Gasteiger partial charge < -0.3 is 0 Å². The third-order valence-electron chi connectivity index (χ3n) is 1.70. The van der Waals surface area contributed by atoms with Gasteiger partial charge in [0.2, 0.25) is 10.1 Å². The van der Waals surface area contributed by atoms with Gasteiger partial charge in [0.1, 0.15) is 4.21 Å². The monoisotopic (exact) mass is 349 g/mol. The normalized spacial score (nSPS) is 12.6. The van der Waals surface area contributed by atoms with Crippen LogP contribution in [0.25, 0.3) is 0 Å². The van der Waals surface area contributed by atoms with E-state index in [1.807, 2.05) is 4.72 Å². The van der Waals surface area contributed by atoms with Crippen molar-refractivity contribution in [2.24, 2.45) is 0 Å². The molecule has 0 unspecified atom stereocenters. The van der Waals surface area contributed by atoms with Crippen molar-refractivity contribution in [2.45, 2.75) is 10.4 Å². The Kier molecular flexibility index (Phi) is 3.73. The van der Waals surface area contributed by atoms with Gasteiger partial charge in [-0.2, -0.15) is 13.2 Å². The fourth-order valence-electron chi connectivity index (χ4n) is 0.986. The summed E-state index contributed by atoms with van der Waals surface area (Å²) in [6.07, 6.45) is -4.66. The summed E-state index contributed by atoms with van der Waals surface area (Å²) in [5.74, 6) is 0. The number of alkyl halides is 3. The van der Waals surface area contributed by atoms with Gasteiger partial charge in [-0.25, -0.2) is 8.42 Å². The Morgan fingerprint density at radius 2 is 1.89 bits per heavy atom. The molecule has 2 rings (SSSR count). The smallest absolute Gasteiger partial charge is 0.253 e. The minimum atomic E-state index is -4.66. The summed E-state index contributed by atoms with van der Waals surface area (Å²) in [5.41, 5.74) is 0. The number of sulfonamides is 1. The Balaban J connectivity index is 2.24. The van der Waals surface area contributed by atoms with Crippen molar-refractivity contribution < 1.29 is 21.6 Å². The SMILES string of the molecule is O=S(=O)(Nc1nnc(C(F)(F)F)s1)c1ccc(Cl)s1. The van der Waals surface area contributed by atoms with Crippen molar-refractivity contribution in [1.82, 2.24) is 10.2 Å². The van der Waals surface area contributed by atoms with Gasteiger partial charge in [0.25, 0.3) is 10.0 Å². The summed E-state index contributed by atoms with van der Waals surface area (Å²) in [7, 11) is -4.00. The van der Waals surface area contributed by atoms with E-state index < -0.39 is 26.3 Å². The molecule has 0 spiro atoms. The molecule has 1 N–H and O–H groups in total. The zero-order chi connectivity index (χ0) is 14.3. The van der Waals surface area contributed by atoms with Crippen LogP contribution < -0.4 is 4.72 Å². The highest BCUT2D eigenvalue weighted by atomic mass is 35.5. The standard InChI is InChI=1S/C7H3ClF3N3O2S3/c8-3-1-2-4(17-3)19(15,16)14-6-13-12-5(18-6)7(9,10)11/h1-2H,(H,13,14). The molecule has 0 aromatic carbocycles. The van der Waals surface area contributed by atoms with Gasteiger partial charge in [-0.3, -0.25) is 4.72 Å². The summed E-state index contributed by atoms with van der Waals surface area (Å²) in [6, 6.07) is 2.60. The zero-order valence-corrected chi connectivity index (χ0v) is 11.8. The van der Waals surface area contributed by atoms with Crippen LogP contribution in [0.1, 0.15) is 5.01 Å². The van der Waals surface area contributed by atoms with E-state index in [2.05, 4.69) is 10.2 Å². The first kappa shape index (κ1) is 14.5. The van der Waals surface area contributed by atoms with E-state index in [-0.39, 0.29) is 19.9 Å². The first-order chi connectivity index (χ1) is 8.68. The van der Waals surface area contributed by atoms with E-state index in [1.54, 1.807) is 0 Å². The summed E-state index contributed by atoms with van der Waals surface area (Å²) >= 11 is 6.46. The maximum atomic E-state index is 12.3. The van der Waals surface area contributed by atoms with Crippen LogP contribution in [0, 0.1) is 0 Å². The molecule has 104 valence electrons. The van der Waals surface area contributed by atoms with Gasteiger partial charge >= 0.3 is 6.18 Å². The molecule has 0 aliphatic rings. The van der Waals surface area contributed by atoms with Crippen molar-refractivity contribution >= 4 is 49.4 Å². The van der Waals surface area contributed by atoms with Crippen molar-refractivity contribution in [1.29, 1.82) is 0 Å². The van der Waals surface area contributed by atoms with E-state index in [4.69, 9.17) is 11.6 Å². The number of nitrogens with one attached hydrogen (secondary N) is 1. The molecule has 0 saturated heterocycles. The van der Waals surface area contributed by atoms with Crippen LogP contribution in [0.3, 0.4) is 0 Å². The van der Waals surface area contributed by atoms with Crippen LogP contribution in [0.15, 0.2) is 16.3 Å². The number of nitrogens with zero attached hydrogens (tertiary/aromatic N) is 2. The molecular formula is C7H3ClF3N3O2S3. The summed E-state index contributed by atoms with van der Waals surface area (Å²) in [4.78, 5) is 0. The van der Waals surface area contributed by atoms with E-state index in [9.17, 15) is 21.6 Å². The molecule has 0 aliphatic heterocycles. The van der Waals surface area contributed by atoms with Crippen LogP contribution in [0.5, 0.6) is 0 Å². The largest absolute Gasteiger partial charge is 0.445 e. The zero-order valence-electron chi connectivity index (χ0n) is 8.60. The molecule has 0 amide bonds. The predicted octanol–water partition coefficient (Wildman–Crippen LogP) is 3.07. The minimum Gasteiger partial charge on any atom is -0.253 e. The number of aromatic nitrogens is 2. The molecule has 2 aromatic rings. The lowest BCUT2D eigenvalue weighted by molar-refractivity contribution is -0.138. The second kappa shape index (κ2) is 4.89. The van der Waals surface area contributed by atoms with Crippen molar-refractivity contribution in [3.05, 3.63) is 21.5 Å². The maximum Gasteiger partial charge on any atom is 0.445 e. The third-order valence-corrected chi connectivity index (χ3v) is 5.78. The molecule has 0 fully saturated rings. The summed E-state index contributed by atoms with van der Waals surface area (Å²) < 4.78 is 62.4. The molecule has 0 saturated carbocycles. The maximum absolute atomic E-state index is 12.3. The molecule has 5 nitrogen and oxygen atoms in total. The third kappa shape index (κ3) is 3.35. The highest BCUT2D eigenvalue weighted by Gasteiger charge is 2.36. The van der Waals surface area contributed by atoms with Gasteiger partial charge in [-0.05, 0) is 12.1 Å². The fourth-order valence-corrected chi connectivity index (χ4v) is 4.31. The molecule has 2 heterocycles. The highest BCUT2D eigenvalue weighted by Crippen LogP contribution is 2.34. The Bertz CT molecular complexity index is 694. The van der Waals surface area contributed by atoms with Crippen LogP contribution in [0.4, 0.5) is 18.3 Å². The number of halogens is 4. The quantitative estimate of drug-likeness (QED) is 0.924. The lowest BCUT2D eigenvalue weighted by Gasteiger charge is -2.01. The van der Waals surface area contributed by atoms with Crippen LogP contribution in [-0.4, -0.2) is 18.6 Å².